The highest BCUT2D eigenvalue weighted by atomic mass is 16.3. The summed E-state index contributed by atoms with van der Waals surface area (Å²) in [6.45, 7) is 6.79. The largest absolute Gasteiger partial charge is 0.393 e. The van der Waals surface area contributed by atoms with Gasteiger partial charge in [-0.2, -0.15) is 0 Å². The van der Waals surface area contributed by atoms with Crippen LogP contribution in [0.1, 0.15) is 45.6 Å². The Balaban J connectivity index is 2.21. The molecule has 0 saturated heterocycles. The molecule has 1 heteroatoms. The normalized spacial score (nSPS) is 30.2. The highest BCUT2D eigenvalue weighted by Gasteiger charge is 2.38. The smallest absolute Gasteiger partial charge is 0.0579 e. The number of aliphatic hydroxyl groups is 1. The van der Waals surface area contributed by atoms with Crippen molar-refractivity contribution >= 4 is 0 Å². The summed E-state index contributed by atoms with van der Waals surface area (Å²) in [7, 11) is 0. The second-order valence-electron chi connectivity index (χ2n) is 6.18. The fourth-order valence-electron chi connectivity index (χ4n) is 3.27. The van der Waals surface area contributed by atoms with E-state index in [4.69, 9.17) is 0 Å². The summed E-state index contributed by atoms with van der Waals surface area (Å²) in [5.74, 6) is 1.06. The van der Waals surface area contributed by atoms with Gasteiger partial charge in [-0.25, -0.2) is 0 Å². The predicted molar refractivity (Wildman–Crippen MR) is 72.0 cm³/mol. The Morgan fingerprint density at radius 1 is 1.12 bits per heavy atom. The first-order chi connectivity index (χ1) is 8.01. The first kappa shape index (κ1) is 12.6. The summed E-state index contributed by atoms with van der Waals surface area (Å²) < 4.78 is 0. The summed E-state index contributed by atoms with van der Waals surface area (Å²) in [5.41, 5.74) is 1.42. The molecule has 1 aromatic rings. The lowest BCUT2D eigenvalue weighted by Crippen LogP contribution is -2.41. The Bertz CT molecular complexity index is 355. The number of aliphatic hydroxyl groups excluding tert-OH is 1. The van der Waals surface area contributed by atoms with E-state index < -0.39 is 0 Å². The van der Waals surface area contributed by atoms with Crippen LogP contribution in [0.3, 0.4) is 0 Å². The van der Waals surface area contributed by atoms with E-state index in [1.165, 1.54) is 12.0 Å². The molecule has 0 spiro atoms. The fraction of sp³-hybridized carbons (Fsp3) is 0.625. The average molecular weight is 232 g/mol. The van der Waals surface area contributed by atoms with E-state index in [9.17, 15) is 5.11 Å². The molecule has 1 saturated carbocycles. The molecule has 1 fully saturated rings. The van der Waals surface area contributed by atoms with E-state index in [0.717, 1.165) is 12.8 Å². The molecule has 0 aromatic heterocycles. The predicted octanol–water partition coefficient (Wildman–Crippen LogP) is 3.76. The van der Waals surface area contributed by atoms with Crippen molar-refractivity contribution in [3.05, 3.63) is 35.9 Å². The second kappa shape index (κ2) is 4.81. The first-order valence-electron chi connectivity index (χ1n) is 6.75. The van der Waals surface area contributed by atoms with Crippen LogP contribution >= 0.6 is 0 Å². The Morgan fingerprint density at radius 3 is 2.35 bits per heavy atom. The lowest BCUT2D eigenvalue weighted by atomic mass is 9.64. The van der Waals surface area contributed by atoms with E-state index in [1.807, 2.05) is 0 Å². The molecule has 0 heterocycles. The molecular weight excluding hydrogens is 208 g/mol. The zero-order valence-corrected chi connectivity index (χ0v) is 11.2. The van der Waals surface area contributed by atoms with Gasteiger partial charge in [0.2, 0.25) is 0 Å². The van der Waals surface area contributed by atoms with Gasteiger partial charge in [-0.3, -0.25) is 0 Å². The number of rotatable bonds is 2. The minimum absolute atomic E-state index is 0.0703. The van der Waals surface area contributed by atoms with Crippen LogP contribution in [0.15, 0.2) is 30.3 Å². The van der Waals surface area contributed by atoms with Gasteiger partial charge in [0.15, 0.2) is 0 Å². The summed E-state index contributed by atoms with van der Waals surface area (Å²) >= 11 is 0. The highest BCUT2D eigenvalue weighted by Crippen LogP contribution is 2.42. The van der Waals surface area contributed by atoms with Crippen molar-refractivity contribution < 1.29 is 5.11 Å². The van der Waals surface area contributed by atoms with Crippen molar-refractivity contribution in [1.29, 1.82) is 0 Å². The van der Waals surface area contributed by atoms with Crippen molar-refractivity contribution in [3.8, 4) is 0 Å². The van der Waals surface area contributed by atoms with Crippen LogP contribution in [0.2, 0.25) is 0 Å². The molecule has 1 aliphatic rings. The molecule has 0 amide bonds. The van der Waals surface area contributed by atoms with Gasteiger partial charge in [-0.1, -0.05) is 57.5 Å². The Kier molecular flexibility index (Phi) is 3.58. The maximum atomic E-state index is 10.3. The Morgan fingerprint density at radius 2 is 1.76 bits per heavy atom. The quantitative estimate of drug-likeness (QED) is 0.823. The van der Waals surface area contributed by atoms with Gasteiger partial charge < -0.3 is 5.11 Å². The number of hydrogen-bond acceptors (Lipinski definition) is 1. The molecule has 3 atom stereocenters. The van der Waals surface area contributed by atoms with Gasteiger partial charge >= 0.3 is 0 Å². The summed E-state index contributed by atoms with van der Waals surface area (Å²) in [5, 5.41) is 10.3. The molecule has 1 N–H and O–H groups in total. The summed E-state index contributed by atoms with van der Waals surface area (Å²) in [4.78, 5) is 0. The van der Waals surface area contributed by atoms with Crippen molar-refractivity contribution in [2.45, 2.75) is 51.6 Å². The van der Waals surface area contributed by atoms with Crippen molar-refractivity contribution in [2.75, 3.05) is 0 Å². The molecule has 94 valence electrons. The van der Waals surface area contributed by atoms with Gasteiger partial charge in [0, 0.05) is 0 Å². The third-order valence-electron chi connectivity index (χ3n) is 4.52. The van der Waals surface area contributed by atoms with E-state index in [0.29, 0.717) is 11.8 Å². The van der Waals surface area contributed by atoms with Gasteiger partial charge in [-0.15, -0.1) is 0 Å². The minimum Gasteiger partial charge on any atom is -0.393 e. The molecule has 0 bridgehead atoms. The third-order valence-corrected chi connectivity index (χ3v) is 4.52. The zero-order valence-electron chi connectivity index (χ0n) is 11.2. The molecule has 2 rings (SSSR count). The molecular formula is C16H24O. The van der Waals surface area contributed by atoms with Crippen LogP contribution in [-0.2, 0) is 5.41 Å². The highest BCUT2D eigenvalue weighted by molar-refractivity contribution is 5.25. The van der Waals surface area contributed by atoms with Crippen LogP contribution in [0.25, 0.3) is 0 Å². The molecule has 17 heavy (non-hydrogen) atoms. The molecule has 0 unspecified atom stereocenters. The lowest BCUT2D eigenvalue weighted by molar-refractivity contribution is 0.0143. The standard InChI is InChI=1S/C16H24O/c1-12-9-10-14(15(17)11-12)16(2,3)13-7-5-4-6-8-13/h4-8,12,14-15,17H,9-11H2,1-3H3/t12-,14+,15-/m0/s1. The molecule has 1 nitrogen and oxygen atoms in total. The van der Waals surface area contributed by atoms with Gasteiger partial charge in [-0.05, 0) is 35.7 Å². The summed E-state index contributed by atoms with van der Waals surface area (Å²) in [6.07, 6.45) is 3.21. The van der Waals surface area contributed by atoms with Crippen molar-refractivity contribution in [2.24, 2.45) is 11.8 Å². The number of benzene rings is 1. The second-order valence-corrected chi connectivity index (χ2v) is 6.18. The molecule has 1 aliphatic carbocycles. The Hall–Kier alpha value is -0.820. The van der Waals surface area contributed by atoms with E-state index in [2.05, 4.69) is 51.1 Å². The SMILES string of the molecule is C[C@H]1CC[C@@H](C(C)(C)c2ccccc2)[C@@H](O)C1. The van der Waals surface area contributed by atoms with Crippen LogP contribution in [0.5, 0.6) is 0 Å². The average Bonchev–Trinajstić information content (AvgIpc) is 2.29. The van der Waals surface area contributed by atoms with E-state index >= 15 is 0 Å². The monoisotopic (exact) mass is 232 g/mol. The summed E-state index contributed by atoms with van der Waals surface area (Å²) in [6, 6.07) is 10.6. The molecule has 0 radical (unpaired) electrons. The first-order valence-corrected chi connectivity index (χ1v) is 6.75. The minimum atomic E-state index is -0.144. The van der Waals surface area contributed by atoms with Crippen LogP contribution in [-0.4, -0.2) is 11.2 Å². The van der Waals surface area contributed by atoms with Gasteiger partial charge in [0.05, 0.1) is 6.10 Å². The van der Waals surface area contributed by atoms with E-state index in [1.54, 1.807) is 0 Å². The van der Waals surface area contributed by atoms with Crippen LogP contribution in [0, 0.1) is 11.8 Å². The van der Waals surface area contributed by atoms with Crippen molar-refractivity contribution in [1.82, 2.24) is 0 Å². The molecule has 0 aliphatic heterocycles. The fourth-order valence-corrected chi connectivity index (χ4v) is 3.27. The zero-order chi connectivity index (χ0) is 12.5. The van der Waals surface area contributed by atoms with Crippen LogP contribution < -0.4 is 0 Å². The van der Waals surface area contributed by atoms with Gasteiger partial charge in [0.25, 0.3) is 0 Å². The molecule has 1 aromatic carbocycles. The van der Waals surface area contributed by atoms with Crippen LogP contribution in [0.4, 0.5) is 0 Å². The maximum absolute atomic E-state index is 10.3. The topological polar surface area (TPSA) is 20.2 Å². The van der Waals surface area contributed by atoms with Crippen molar-refractivity contribution in [3.63, 3.8) is 0 Å². The Labute approximate surface area is 105 Å². The maximum Gasteiger partial charge on any atom is 0.0579 e. The third kappa shape index (κ3) is 2.55. The number of hydrogen-bond donors (Lipinski definition) is 1. The van der Waals surface area contributed by atoms with E-state index in [-0.39, 0.29) is 11.5 Å². The lowest BCUT2D eigenvalue weighted by Gasteiger charge is -2.42. The van der Waals surface area contributed by atoms with Gasteiger partial charge in [0.1, 0.15) is 0 Å².